The first-order valence-corrected chi connectivity index (χ1v) is 6.98. The van der Waals surface area contributed by atoms with Gasteiger partial charge >= 0.3 is 5.97 Å². The molecular weight excluding hydrogens is 248 g/mol. The Morgan fingerprint density at radius 3 is 2.61 bits per heavy atom. The number of carbonyl (C=O) groups excluding carboxylic acids is 1. The number of esters is 1. The van der Waals surface area contributed by atoms with Gasteiger partial charge in [-0.15, -0.1) is 0 Å². The highest BCUT2D eigenvalue weighted by Gasteiger charge is 2.15. The topological polar surface area (TPSA) is 52.1 Å². The maximum absolute atomic E-state index is 11.3. The Labute approximate surface area is 113 Å². The number of carbonyl (C=O) groups is 1. The molecule has 1 aromatic rings. The number of nitrogens with zero attached hydrogens (tertiary/aromatic N) is 2. The van der Waals surface area contributed by atoms with Gasteiger partial charge in [-0.3, -0.25) is 4.79 Å². The highest BCUT2D eigenvalue weighted by Crippen LogP contribution is 2.21. The van der Waals surface area contributed by atoms with Crippen LogP contribution >= 0.6 is 11.8 Å². The number of aryl methyl sites for hydroxylation is 1. The molecule has 4 nitrogen and oxygen atoms in total. The Morgan fingerprint density at radius 1 is 1.39 bits per heavy atom. The molecule has 0 aliphatic heterocycles. The van der Waals surface area contributed by atoms with Gasteiger partial charge < -0.3 is 4.74 Å². The van der Waals surface area contributed by atoms with Crippen LogP contribution in [0.5, 0.6) is 0 Å². The lowest BCUT2D eigenvalue weighted by atomic mass is 10.1. The molecular formula is C13H20N2O2S. The smallest absolute Gasteiger partial charge is 0.309 e. The van der Waals surface area contributed by atoms with Gasteiger partial charge in [0.05, 0.1) is 13.0 Å². The number of methoxy groups -OCH3 is 1. The number of rotatable bonds is 5. The van der Waals surface area contributed by atoms with E-state index in [1.54, 1.807) is 0 Å². The summed E-state index contributed by atoms with van der Waals surface area (Å²) in [6.45, 7) is 8.01. The third-order valence-corrected chi connectivity index (χ3v) is 3.62. The molecule has 0 spiro atoms. The zero-order chi connectivity index (χ0) is 13.7. The van der Waals surface area contributed by atoms with Gasteiger partial charge in [-0.25, -0.2) is 9.97 Å². The number of hydrogen-bond acceptors (Lipinski definition) is 5. The van der Waals surface area contributed by atoms with E-state index in [1.807, 2.05) is 19.9 Å². The summed E-state index contributed by atoms with van der Waals surface area (Å²) in [4.78, 5) is 20.2. The van der Waals surface area contributed by atoms with Crippen molar-refractivity contribution >= 4 is 17.7 Å². The van der Waals surface area contributed by atoms with Crippen molar-refractivity contribution in [3.63, 3.8) is 0 Å². The van der Waals surface area contributed by atoms with Crippen LogP contribution < -0.4 is 0 Å². The van der Waals surface area contributed by atoms with E-state index in [9.17, 15) is 4.79 Å². The van der Waals surface area contributed by atoms with E-state index in [1.165, 1.54) is 18.9 Å². The van der Waals surface area contributed by atoms with Crippen LogP contribution in [0.15, 0.2) is 11.2 Å². The van der Waals surface area contributed by atoms with E-state index in [-0.39, 0.29) is 11.9 Å². The van der Waals surface area contributed by atoms with Crippen molar-refractivity contribution in [1.29, 1.82) is 0 Å². The summed E-state index contributed by atoms with van der Waals surface area (Å²) in [5.41, 5.74) is 2.00. The van der Waals surface area contributed by atoms with Crippen molar-refractivity contribution < 1.29 is 9.53 Å². The number of hydrogen-bond donors (Lipinski definition) is 0. The third-order valence-electron chi connectivity index (χ3n) is 2.51. The molecule has 0 fully saturated rings. The molecule has 0 aliphatic rings. The quantitative estimate of drug-likeness (QED) is 0.467. The van der Waals surface area contributed by atoms with Gasteiger partial charge in [-0.1, -0.05) is 32.5 Å². The second kappa shape index (κ2) is 6.73. The standard InChI is InChI=1S/C13H20N2O2S/c1-8(2)11-6-10(4)14-13(15-11)18-7-9(3)12(16)17-5/h6,8-9H,7H2,1-5H3. The van der Waals surface area contributed by atoms with Crippen LogP contribution in [-0.2, 0) is 9.53 Å². The summed E-state index contributed by atoms with van der Waals surface area (Å²) in [6.07, 6.45) is 0. The molecule has 0 saturated heterocycles. The highest BCUT2D eigenvalue weighted by atomic mass is 32.2. The SMILES string of the molecule is COC(=O)C(C)CSc1nc(C)cc(C(C)C)n1. The van der Waals surface area contributed by atoms with Crippen molar-refractivity contribution in [3.05, 3.63) is 17.5 Å². The lowest BCUT2D eigenvalue weighted by Gasteiger charge is -2.10. The Balaban J connectivity index is 2.70. The minimum atomic E-state index is -0.195. The average molecular weight is 268 g/mol. The molecule has 1 atom stereocenters. The Hall–Kier alpha value is -1.10. The minimum absolute atomic E-state index is 0.147. The molecule has 0 aromatic carbocycles. The Bertz CT molecular complexity index is 421. The number of thioether (sulfide) groups is 1. The van der Waals surface area contributed by atoms with Gasteiger partial charge in [-0.2, -0.15) is 0 Å². The van der Waals surface area contributed by atoms with E-state index < -0.39 is 0 Å². The second-order valence-electron chi connectivity index (χ2n) is 4.61. The van der Waals surface area contributed by atoms with E-state index >= 15 is 0 Å². The van der Waals surface area contributed by atoms with Crippen molar-refractivity contribution in [2.75, 3.05) is 12.9 Å². The number of ether oxygens (including phenoxy) is 1. The van der Waals surface area contributed by atoms with E-state index in [0.29, 0.717) is 11.7 Å². The zero-order valence-electron chi connectivity index (χ0n) is 11.6. The van der Waals surface area contributed by atoms with Crippen molar-refractivity contribution in [2.45, 2.75) is 38.8 Å². The van der Waals surface area contributed by atoms with Crippen molar-refractivity contribution in [1.82, 2.24) is 9.97 Å². The molecule has 18 heavy (non-hydrogen) atoms. The van der Waals surface area contributed by atoms with Crippen LogP contribution in [0.3, 0.4) is 0 Å². The average Bonchev–Trinajstić information content (AvgIpc) is 2.34. The molecule has 0 saturated carbocycles. The van der Waals surface area contributed by atoms with E-state index in [0.717, 1.165) is 16.5 Å². The molecule has 1 unspecified atom stereocenters. The largest absolute Gasteiger partial charge is 0.469 e. The summed E-state index contributed by atoms with van der Waals surface area (Å²) in [6, 6.07) is 2.00. The second-order valence-corrected chi connectivity index (χ2v) is 5.59. The predicted octanol–water partition coefficient (Wildman–Crippen LogP) is 2.81. The van der Waals surface area contributed by atoms with Crippen molar-refractivity contribution in [3.8, 4) is 0 Å². The molecule has 0 amide bonds. The van der Waals surface area contributed by atoms with Crippen LogP contribution in [-0.4, -0.2) is 28.8 Å². The van der Waals surface area contributed by atoms with Gasteiger partial charge in [-0.05, 0) is 18.9 Å². The predicted molar refractivity (Wildman–Crippen MR) is 72.8 cm³/mol. The Morgan fingerprint density at radius 2 is 2.06 bits per heavy atom. The summed E-state index contributed by atoms with van der Waals surface area (Å²) in [5, 5.41) is 0.731. The molecule has 5 heteroatoms. The van der Waals surface area contributed by atoms with Crippen LogP contribution in [0, 0.1) is 12.8 Å². The first-order chi connectivity index (χ1) is 8.43. The Kier molecular flexibility index (Phi) is 5.59. The van der Waals surface area contributed by atoms with Gasteiger partial charge in [0.2, 0.25) is 0 Å². The highest BCUT2D eigenvalue weighted by molar-refractivity contribution is 7.99. The molecule has 0 aliphatic carbocycles. The summed E-state index contributed by atoms with van der Waals surface area (Å²) >= 11 is 1.49. The fourth-order valence-corrected chi connectivity index (χ4v) is 2.31. The molecule has 1 heterocycles. The molecule has 1 aromatic heterocycles. The fraction of sp³-hybridized carbons (Fsp3) is 0.615. The lowest BCUT2D eigenvalue weighted by molar-refractivity contribution is -0.143. The van der Waals surface area contributed by atoms with Crippen molar-refractivity contribution in [2.24, 2.45) is 5.92 Å². The molecule has 100 valence electrons. The maximum atomic E-state index is 11.3. The first kappa shape index (κ1) is 15.0. The maximum Gasteiger partial charge on any atom is 0.309 e. The van der Waals surface area contributed by atoms with Crippen LogP contribution in [0.4, 0.5) is 0 Å². The van der Waals surface area contributed by atoms with E-state index in [2.05, 4.69) is 23.8 Å². The van der Waals surface area contributed by atoms with Gasteiger partial charge in [0.25, 0.3) is 0 Å². The minimum Gasteiger partial charge on any atom is -0.469 e. The monoisotopic (exact) mass is 268 g/mol. The van der Waals surface area contributed by atoms with Crippen LogP contribution in [0.2, 0.25) is 0 Å². The van der Waals surface area contributed by atoms with Gasteiger partial charge in [0.15, 0.2) is 5.16 Å². The number of aromatic nitrogens is 2. The zero-order valence-corrected chi connectivity index (χ0v) is 12.4. The molecule has 0 radical (unpaired) electrons. The molecule has 0 bridgehead atoms. The summed E-state index contributed by atoms with van der Waals surface area (Å²) < 4.78 is 4.69. The first-order valence-electron chi connectivity index (χ1n) is 6.00. The lowest BCUT2D eigenvalue weighted by Crippen LogP contribution is -2.15. The molecule has 1 rings (SSSR count). The van der Waals surface area contributed by atoms with E-state index in [4.69, 9.17) is 4.74 Å². The van der Waals surface area contributed by atoms with Gasteiger partial charge in [0, 0.05) is 17.1 Å². The molecule has 0 N–H and O–H groups in total. The summed E-state index contributed by atoms with van der Waals surface area (Å²) in [5.74, 6) is 0.670. The van der Waals surface area contributed by atoms with Gasteiger partial charge in [0.1, 0.15) is 0 Å². The van der Waals surface area contributed by atoms with Crippen LogP contribution in [0.25, 0.3) is 0 Å². The normalized spacial score (nSPS) is 12.6. The van der Waals surface area contributed by atoms with Crippen LogP contribution in [0.1, 0.15) is 38.1 Å². The summed E-state index contributed by atoms with van der Waals surface area (Å²) in [7, 11) is 1.41. The fourth-order valence-electron chi connectivity index (χ4n) is 1.39. The third kappa shape index (κ3) is 4.29.